The molecule has 2 aromatic heterocycles. The van der Waals surface area contributed by atoms with Gasteiger partial charge in [0.1, 0.15) is 5.69 Å². The normalized spacial score (nSPS) is 10.3. The van der Waals surface area contributed by atoms with Crippen molar-refractivity contribution in [3.8, 4) is 11.5 Å². The maximum Gasteiger partial charge on any atom is 0.154 e. The van der Waals surface area contributed by atoms with E-state index in [2.05, 4.69) is 10.2 Å². The van der Waals surface area contributed by atoms with Crippen molar-refractivity contribution in [3.63, 3.8) is 0 Å². The van der Waals surface area contributed by atoms with Crippen LogP contribution < -0.4 is 0 Å². The van der Waals surface area contributed by atoms with E-state index in [1.807, 2.05) is 19.1 Å². The number of nitrogens with one attached hydrogen (secondary N) is 1. The molecule has 3 nitrogen and oxygen atoms in total. The first kappa shape index (κ1) is 6.22. The summed E-state index contributed by atoms with van der Waals surface area (Å²) in [4.78, 5) is 0. The fourth-order valence-corrected chi connectivity index (χ4v) is 1.03. The SMILES string of the molecule is Cc1ccoc1-c1ccn[nH]1. The fraction of sp³-hybridized carbons (Fsp3) is 0.125. The summed E-state index contributed by atoms with van der Waals surface area (Å²) in [5.74, 6) is 0.863. The fourth-order valence-electron chi connectivity index (χ4n) is 1.03. The number of aromatic amines is 1. The zero-order chi connectivity index (χ0) is 7.68. The number of hydrogen-bond donors (Lipinski definition) is 1. The van der Waals surface area contributed by atoms with Crippen LogP contribution in [0.1, 0.15) is 5.56 Å². The van der Waals surface area contributed by atoms with Crippen LogP contribution in [0.5, 0.6) is 0 Å². The number of hydrogen-bond acceptors (Lipinski definition) is 2. The quantitative estimate of drug-likeness (QED) is 0.671. The second-order valence-electron chi connectivity index (χ2n) is 2.40. The number of furan rings is 1. The van der Waals surface area contributed by atoms with Crippen LogP contribution in [0.2, 0.25) is 0 Å². The minimum atomic E-state index is 0.863. The van der Waals surface area contributed by atoms with E-state index in [4.69, 9.17) is 4.42 Å². The highest BCUT2D eigenvalue weighted by molar-refractivity contribution is 5.55. The van der Waals surface area contributed by atoms with Crippen molar-refractivity contribution in [1.82, 2.24) is 10.2 Å². The number of rotatable bonds is 1. The predicted molar refractivity (Wildman–Crippen MR) is 41.0 cm³/mol. The maximum absolute atomic E-state index is 5.24. The highest BCUT2D eigenvalue weighted by Crippen LogP contribution is 2.20. The van der Waals surface area contributed by atoms with Gasteiger partial charge in [-0.3, -0.25) is 5.10 Å². The Morgan fingerprint density at radius 2 is 2.36 bits per heavy atom. The van der Waals surface area contributed by atoms with Gasteiger partial charge in [-0.1, -0.05) is 0 Å². The van der Waals surface area contributed by atoms with Gasteiger partial charge in [0.15, 0.2) is 5.76 Å². The maximum atomic E-state index is 5.24. The van der Waals surface area contributed by atoms with E-state index in [1.54, 1.807) is 12.5 Å². The topological polar surface area (TPSA) is 41.8 Å². The van der Waals surface area contributed by atoms with E-state index in [1.165, 1.54) is 0 Å². The van der Waals surface area contributed by atoms with Gasteiger partial charge in [0.2, 0.25) is 0 Å². The molecule has 2 aromatic rings. The molecule has 2 rings (SSSR count). The molecular formula is C8H8N2O. The lowest BCUT2D eigenvalue weighted by atomic mass is 10.2. The van der Waals surface area contributed by atoms with Crippen molar-refractivity contribution in [3.05, 3.63) is 30.2 Å². The van der Waals surface area contributed by atoms with Gasteiger partial charge in [-0.15, -0.1) is 0 Å². The molecule has 0 bridgehead atoms. The van der Waals surface area contributed by atoms with Crippen LogP contribution in [0.3, 0.4) is 0 Å². The Morgan fingerprint density at radius 3 is 2.91 bits per heavy atom. The molecule has 0 saturated heterocycles. The summed E-state index contributed by atoms with van der Waals surface area (Å²) >= 11 is 0. The second-order valence-corrected chi connectivity index (χ2v) is 2.40. The molecule has 2 heterocycles. The first-order valence-corrected chi connectivity index (χ1v) is 3.42. The summed E-state index contributed by atoms with van der Waals surface area (Å²) < 4.78 is 5.24. The third kappa shape index (κ3) is 0.941. The number of nitrogens with zero attached hydrogens (tertiary/aromatic N) is 1. The molecular weight excluding hydrogens is 140 g/mol. The van der Waals surface area contributed by atoms with Crippen LogP contribution in [0.25, 0.3) is 11.5 Å². The second kappa shape index (κ2) is 2.27. The van der Waals surface area contributed by atoms with Gasteiger partial charge < -0.3 is 4.42 Å². The molecule has 0 fully saturated rings. The summed E-state index contributed by atoms with van der Waals surface area (Å²) in [5, 5.41) is 6.67. The molecule has 0 saturated carbocycles. The largest absolute Gasteiger partial charge is 0.462 e. The van der Waals surface area contributed by atoms with Crippen LogP contribution in [-0.2, 0) is 0 Å². The van der Waals surface area contributed by atoms with Gasteiger partial charge in [-0.2, -0.15) is 5.10 Å². The monoisotopic (exact) mass is 148 g/mol. The van der Waals surface area contributed by atoms with Gasteiger partial charge in [0.25, 0.3) is 0 Å². The van der Waals surface area contributed by atoms with E-state index in [-0.39, 0.29) is 0 Å². The molecule has 0 unspecified atom stereocenters. The first-order valence-electron chi connectivity index (χ1n) is 3.42. The highest BCUT2D eigenvalue weighted by atomic mass is 16.3. The summed E-state index contributed by atoms with van der Waals surface area (Å²) in [6.07, 6.45) is 3.38. The van der Waals surface area contributed by atoms with Crippen molar-refractivity contribution in [2.24, 2.45) is 0 Å². The zero-order valence-corrected chi connectivity index (χ0v) is 6.16. The Bertz CT molecular complexity index is 335. The van der Waals surface area contributed by atoms with Crippen LogP contribution in [0.4, 0.5) is 0 Å². The molecule has 56 valence electrons. The van der Waals surface area contributed by atoms with Crippen molar-refractivity contribution >= 4 is 0 Å². The summed E-state index contributed by atoms with van der Waals surface area (Å²) in [6.45, 7) is 2.00. The average Bonchev–Trinajstić information content (AvgIpc) is 2.55. The predicted octanol–water partition coefficient (Wildman–Crippen LogP) is 1.98. The Hall–Kier alpha value is -1.51. The van der Waals surface area contributed by atoms with Gasteiger partial charge in [0.05, 0.1) is 6.26 Å². The lowest BCUT2D eigenvalue weighted by Crippen LogP contribution is -1.76. The number of aryl methyl sites for hydroxylation is 1. The molecule has 0 atom stereocenters. The van der Waals surface area contributed by atoms with E-state index >= 15 is 0 Å². The van der Waals surface area contributed by atoms with E-state index in [9.17, 15) is 0 Å². The van der Waals surface area contributed by atoms with Crippen LogP contribution in [0.15, 0.2) is 29.0 Å². The van der Waals surface area contributed by atoms with E-state index < -0.39 is 0 Å². The van der Waals surface area contributed by atoms with Gasteiger partial charge >= 0.3 is 0 Å². The molecule has 11 heavy (non-hydrogen) atoms. The molecule has 0 radical (unpaired) electrons. The number of H-pyrrole nitrogens is 1. The van der Waals surface area contributed by atoms with Crippen molar-refractivity contribution in [2.45, 2.75) is 6.92 Å². The summed E-state index contributed by atoms with van der Waals surface area (Å²) in [7, 11) is 0. The Balaban J connectivity index is 2.53. The van der Waals surface area contributed by atoms with Crippen LogP contribution in [0, 0.1) is 6.92 Å². The van der Waals surface area contributed by atoms with Crippen molar-refractivity contribution in [1.29, 1.82) is 0 Å². The van der Waals surface area contributed by atoms with Gasteiger partial charge in [-0.05, 0) is 24.6 Å². The first-order chi connectivity index (χ1) is 5.38. The molecule has 0 aliphatic carbocycles. The lowest BCUT2D eigenvalue weighted by Gasteiger charge is -1.90. The molecule has 1 N–H and O–H groups in total. The number of aromatic nitrogens is 2. The van der Waals surface area contributed by atoms with Crippen molar-refractivity contribution in [2.75, 3.05) is 0 Å². The van der Waals surface area contributed by atoms with Gasteiger partial charge in [0, 0.05) is 6.20 Å². The molecule has 0 aliphatic rings. The average molecular weight is 148 g/mol. The molecule has 0 amide bonds. The third-order valence-corrected chi connectivity index (χ3v) is 1.61. The van der Waals surface area contributed by atoms with Gasteiger partial charge in [-0.25, -0.2) is 0 Å². The summed E-state index contributed by atoms with van der Waals surface area (Å²) in [6, 6.07) is 3.81. The van der Waals surface area contributed by atoms with Crippen LogP contribution in [-0.4, -0.2) is 10.2 Å². The zero-order valence-electron chi connectivity index (χ0n) is 6.16. The van der Waals surface area contributed by atoms with E-state index in [0.717, 1.165) is 17.0 Å². The Kier molecular flexibility index (Phi) is 1.28. The molecule has 0 aromatic carbocycles. The minimum Gasteiger partial charge on any atom is -0.462 e. The molecule has 0 aliphatic heterocycles. The summed E-state index contributed by atoms with van der Waals surface area (Å²) in [5.41, 5.74) is 2.04. The molecule has 0 spiro atoms. The minimum absolute atomic E-state index is 0.863. The Labute approximate surface area is 64.0 Å². The van der Waals surface area contributed by atoms with Crippen molar-refractivity contribution < 1.29 is 4.42 Å². The standard InChI is InChI=1S/C8H8N2O/c1-6-3-5-11-8(6)7-2-4-9-10-7/h2-5H,1H3,(H,9,10). The lowest BCUT2D eigenvalue weighted by molar-refractivity contribution is 0.578. The van der Waals surface area contributed by atoms with E-state index in [0.29, 0.717) is 0 Å². The third-order valence-electron chi connectivity index (χ3n) is 1.61. The molecule has 3 heteroatoms. The smallest absolute Gasteiger partial charge is 0.154 e. The highest BCUT2D eigenvalue weighted by Gasteiger charge is 2.04. The van der Waals surface area contributed by atoms with Crippen LogP contribution >= 0.6 is 0 Å². The Morgan fingerprint density at radius 1 is 1.45 bits per heavy atom.